The molecule has 0 atom stereocenters. The quantitative estimate of drug-likeness (QED) is 0.853. The van der Waals surface area contributed by atoms with E-state index in [0.29, 0.717) is 32.6 Å². The Morgan fingerprint density at radius 3 is 2.19 bits per heavy atom. The van der Waals surface area contributed by atoms with E-state index in [-0.39, 0.29) is 12.0 Å². The highest BCUT2D eigenvalue weighted by atomic mass is 16.5. The number of benzene rings is 1. The second-order valence-electron chi connectivity index (χ2n) is 5.32. The molecule has 5 nitrogen and oxygen atoms in total. The van der Waals surface area contributed by atoms with Crippen molar-refractivity contribution in [3.63, 3.8) is 0 Å². The van der Waals surface area contributed by atoms with Gasteiger partial charge in [0.2, 0.25) is 5.91 Å². The zero-order valence-electron chi connectivity index (χ0n) is 12.7. The Morgan fingerprint density at radius 1 is 1.05 bits per heavy atom. The molecule has 5 heteroatoms. The van der Waals surface area contributed by atoms with Gasteiger partial charge >= 0.3 is 6.09 Å². The number of piperazine rings is 1. The van der Waals surface area contributed by atoms with Crippen LogP contribution in [0, 0.1) is 6.92 Å². The van der Waals surface area contributed by atoms with Crippen molar-refractivity contribution in [1.29, 1.82) is 0 Å². The molecule has 0 spiro atoms. The van der Waals surface area contributed by atoms with Gasteiger partial charge in [-0.2, -0.15) is 0 Å². The first-order valence-electron chi connectivity index (χ1n) is 7.26. The van der Waals surface area contributed by atoms with Crippen LogP contribution >= 0.6 is 0 Å². The van der Waals surface area contributed by atoms with Gasteiger partial charge in [-0.05, 0) is 18.9 Å². The van der Waals surface area contributed by atoms with Crippen LogP contribution < -0.4 is 0 Å². The zero-order valence-corrected chi connectivity index (χ0v) is 12.7. The van der Waals surface area contributed by atoms with Gasteiger partial charge in [-0.25, -0.2) is 4.79 Å². The van der Waals surface area contributed by atoms with Crippen LogP contribution in [-0.4, -0.2) is 55.1 Å². The molecule has 1 aliphatic heterocycles. The minimum Gasteiger partial charge on any atom is -0.453 e. The molecule has 1 fully saturated rings. The van der Waals surface area contributed by atoms with Crippen LogP contribution in [0.2, 0.25) is 0 Å². The van der Waals surface area contributed by atoms with E-state index in [9.17, 15) is 9.59 Å². The largest absolute Gasteiger partial charge is 0.453 e. The molecular formula is C16H22N2O3. The van der Waals surface area contributed by atoms with Crippen molar-refractivity contribution in [3.8, 4) is 0 Å². The standard InChI is InChI=1S/C16H22N2O3/c1-13-3-5-14(6-4-13)7-8-15(19)17-9-11-18(12-10-17)16(20)21-2/h3-6H,7-12H2,1-2H3. The van der Waals surface area contributed by atoms with E-state index in [0.717, 1.165) is 6.42 Å². The molecular weight excluding hydrogens is 268 g/mol. The molecule has 0 saturated carbocycles. The molecule has 1 aromatic rings. The third kappa shape index (κ3) is 4.21. The fourth-order valence-corrected chi connectivity index (χ4v) is 2.43. The fraction of sp³-hybridized carbons (Fsp3) is 0.500. The number of hydrogen-bond donors (Lipinski definition) is 0. The van der Waals surface area contributed by atoms with Gasteiger partial charge < -0.3 is 14.5 Å². The predicted octanol–water partition coefficient (Wildman–Crippen LogP) is 1.84. The number of amides is 2. The van der Waals surface area contributed by atoms with Crippen LogP contribution in [0.1, 0.15) is 17.5 Å². The maximum absolute atomic E-state index is 12.2. The average molecular weight is 290 g/mol. The van der Waals surface area contributed by atoms with Crippen LogP contribution in [0.5, 0.6) is 0 Å². The van der Waals surface area contributed by atoms with Crippen molar-refractivity contribution in [2.45, 2.75) is 19.8 Å². The summed E-state index contributed by atoms with van der Waals surface area (Å²) in [6, 6.07) is 8.26. The maximum atomic E-state index is 12.2. The number of carbonyl (C=O) groups excluding carboxylic acids is 2. The predicted molar refractivity (Wildman–Crippen MR) is 80.1 cm³/mol. The van der Waals surface area contributed by atoms with Gasteiger partial charge in [0.25, 0.3) is 0 Å². The minimum atomic E-state index is -0.318. The molecule has 0 bridgehead atoms. The van der Waals surface area contributed by atoms with E-state index in [1.54, 1.807) is 4.90 Å². The van der Waals surface area contributed by atoms with Crippen molar-refractivity contribution in [2.75, 3.05) is 33.3 Å². The van der Waals surface area contributed by atoms with Crippen molar-refractivity contribution in [3.05, 3.63) is 35.4 Å². The number of carbonyl (C=O) groups is 2. The number of hydrogen-bond acceptors (Lipinski definition) is 3. The van der Waals surface area contributed by atoms with E-state index in [1.165, 1.54) is 18.2 Å². The molecule has 2 rings (SSSR count). The first kappa shape index (κ1) is 15.4. The molecule has 1 aliphatic rings. The molecule has 0 radical (unpaired) electrons. The summed E-state index contributed by atoms with van der Waals surface area (Å²) in [5.41, 5.74) is 2.41. The Bertz CT molecular complexity index is 491. The van der Waals surface area contributed by atoms with E-state index < -0.39 is 0 Å². The number of ether oxygens (including phenoxy) is 1. The molecule has 0 aromatic heterocycles. The van der Waals surface area contributed by atoms with Crippen LogP contribution in [-0.2, 0) is 16.0 Å². The molecule has 114 valence electrons. The van der Waals surface area contributed by atoms with Gasteiger partial charge in [-0.1, -0.05) is 29.8 Å². The van der Waals surface area contributed by atoms with Gasteiger partial charge in [0, 0.05) is 32.6 Å². The van der Waals surface area contributed by atoms with E-state index in [2.05, 4.69) is 35.9 Å². The van der Waals surface area contributed by atoms with Crippen molar-refractivity contribution in [2.24, 2.45) is 0 Å². The van der Waals surface area contributed by atoms with Crippen molar-refractivity contribution >= 4 is 12.0 Å². The van der Waals surface area contributed by atoms with Crippen molar-refractivity contribution < 1.29 is 14.3 Å². The SMILES string of the molecule is COC(=O)N1CCN(C(=O)CCc2ccc(C)cc2)CC1. The summed E-state index contributed by atoms with van der Waals surface area (Å²) in [7, 11) is 1.38. The molecule has 21 heavy (non-hydrogen) atoms. The highest BCUT2D eigenvalue weighted by Crippen LogP contribution is 2.09. The topological polar surface area (TPSA) is 49.9 Å². The van der Waals surface area contributed by atoms with Crippen molar-refractivity contribution in [1.82, 2.24) is 9.80 Å². The number of nitrogens with zero attached hydrogens (tertiary/aromatic N) is 2. The van der Waals surface area contributed by atoms with E-state index in [4.69, 9.17) is 0 Å². The molecule has 1 saturated heterocycles. The third-order valence-corrected chi connectivity index (χ3v) is 3.81. The van der Waals surface area contributed by atoms with Crippen LogP contribution in [0.25, 0.3) is 0 Å². The first-order chi connectivity index (χ1) is 10.1. The molecule has 0 unspecified atom stereocenters. The average Bonchev–Trinajstić information content (AvgIpc) is 2.53. The van der Waals surface area contributed by atoms with Gasteiger partial charge in [-0.15, -0.1) is 0 Å². The number of methoxy groups -OCH3 is 1. The second-order valence-corrected chi connectivity index (χ2v) is 5.32. The Balaban J connectivity index is 1.77. The molecule has 0 aliphatic carbocycles. The summed E-state index contributed by atoms with van der Waals surface area (Å²) >= 11 is 0. The van der Waals surface area contributed by atoms with Gasteiger partial charge in [-0.3, -0.25) is 4.79 Å². The first-order valence-corrected chi connectivity index (χ1v) is 7.26. The summed E-state index contributed by atoms with van der Waals surface area (Å²) in [4.78, 5) is 27.0. The fourth-order valence-electron chi connectivity index (χ4n) is 2.43. The number of rotatable bonds is 3. The zero-order chi connectivity index (χ0) is 15.2. The molecule has 2 amide bonds. The summed E-state index contributed by atoms with van der Waals surface area (Å²) in [5, 5.41) is 0. The molecule has 0 N–H and O–H groups in total. The van der Waals surface area contributed by atoms with Crippen LogP contribution in [0.4, 0.5) is 4.79 Å². The lowest BCUT2D eigenvalue weighted by atomic mass is 10.1. The lowest BCUT2D eigenvalue weighted by Gasteiger charge is -2.33. The monoisotopic (exact) mass is 290 g/mol. The second kappa shape index (κ2) is 7.11. The summed E-state index contributed by atoms with van der Waals surface area (Å²) in [6.45, 7) is 4.31. The van der Waals surface area contributed by atoms with Crippen LogP contribution in [0.3, 0.4) is 0 Å². The Labute approximate surface area is 125 Å². The van der Waals surface area contributed by atoms with E-state index in [1.807, 2.05) is 4.90 Å². The number of aryl methyl sites for hydroxylation is 2. The highest BCUT2D eigenvalue weighted by molar-refractivity contribution is 5.77. The van der Waals surface area contributed by atoms with E-state index >= 15 is 0 Å². The normalized spacial score (nSPS) is 15.0. The smallest absolute Gasteiger partial charge is 0.409 e. The Hall–Kier alpha value is -2.04. The van der Waals surface area contributed by atoms with Crippen LogP contribution in [0.15, 0.2) is 24.3 Å². The van der Waals surface area contributed by atoms with Gasteiger partial charge in [0.15, 0.2) is 0 Å². The summed E-state index contributed by atoms with van der Waals surface area (Å²) in [6.07, 6.45) is 0.958. The van der Waals surface area contributed by atoms with Gasteiger partial charge in [0.05, 0.1) is 7.11 Å². The Morgan fingerprint density at radius 2 is 1.62 bits per heavy atom. The molecule has 1 heterocycles. The highest BCUT2D eigenvalue weighted by Gasteiger charge is 2.24. The Kier molecular flexibility index (Phi) is 5.20. The summed E-state index contributed by atoms with van der Waals surface area (Å²) in [5.74, 6) is 0.153. The molecule has 1 aromatic carbocycles. The summed E-state index contributed by atoms with van der Waals surface area (Å²) < 4.78 is 4.68. The maximum Gasteiger partial charge on any atom is 0.409 e. The van der Waals surface area contributed by atoms with Gasteiger partial charge in [0.1, 0.15) is 0 Å². The minimum absolute atomic E-state index is 0.153. The lowest BCUT2D eigenvalue weighted by Crippen LogP contribution is -2.50. The lowest BCUT2D eigenvalue weighted by molar-refractivity contribution is -0.132. The third-order valence-electron chi connectivity index (χ3n) is 3.81.